The van der Waals surface area contributed by atoms with Crippen LogP contribution in [0.1, 0.15) is 18.1 Å². The number of hydrogen-bond acceptors (Lipinski definition) is 2. The summed E-state index contributed by atoms with van der Waals surface area (Å²) in [7, 11) is 1.73. The van der Waals surface area contributed by atoms with Gasteiger partial charge in [-0.3, -0.25) is 0 Å². The number of benzene rings is 2. The molecule has 2 nitrogen and oxygen atoms in total. The van der Waals surface area contributed by atoms with E-state index in [1.165, 1.54) is 22.3 Å². The maximum Gasteiger partial charge on any atom is 0.0502 e. The first-order chi connectivity index (χ1) is 9.69. The predicted octanol–water partition coefficient (Wildman–Crippen LogP) is 3.43. The van der Waals surface area contributed by atoms with E-state index in [-0.39, 0.29) is 6.04 Å². The Morgan fingerprint density at radius 1 is 0.900 bits per heavy atom. The summed E-state index contributed by atoms with van der Waals surface area (Å²) in [4.78, 5) is 0. The van der Waals surface area contributed by atoms with Crippen molar-refractivity contribution in [2.24, 2.45) is 5.73 Å². The number of hydrogen-bond donors (Lipinski definition) is 1. The molecule has 2 heteroatoms. The van der Waals surface area contributed by atoms with E-state index in [0.717, 1.165) is 19.4 Å². The van der Waals surface area contributed by atoms with E-state index in [1.54, 1.807) is 7.11 Å². The first-order valence-corrected chi connectivity index (χ1v) is 7.12. The number of methoxy groups -OCH3 is 1. The summed E-state index contributed by atoms with van der Waals surface area (Å²) in [6.07, 6.45) is 1.89. The molecule has 0 amide bonds. The van der Waals surface area contributed by atoms with E-state index in [9.17, 15) is 0 Å². The van der Waals surface area contributed by atoms with Crippen LogP contribution in [0.25, 0.3) is 11.1 Å². The van der Waals surface area contributed by atoms with Crippen molar-refractivity contribution in [3.05, 3.63) is 59.7 Å². The fourth-order valence-corrected chi connectivity index (χ4v) is 2.29. The average Bonchev–Trinajstić information content (AvgIpc) is 2.46. The van der Waals surface area contributed by atoms with Crippen molar-refractivity contribution in [3.63, 3.8) is 0 Å². The van der Waals surface area contributed by atoms with E-state index in [4.69, 9.17) is 10.5 Å². The zero-order chi connectivity index (χ0) is 14.4. The molecule has 0 radical (unpaired) electrons. The third-order valence-corrected chi connectivity index (χ3v) is 3.39. The maximum atomic E-state index is 5.82. The minimum absolute atomic E-state index is 0.209. The Morgan fingerprint density at radius 2 is 1.40 bits per heavy atom. The summed E-state index contributed by atoms with van der Waals surface area (Å²) in [5, 5.41) is 0. The molecule has 0 spiro atoms. The Bertz CT molecular complexity index is 514. The second-order valence-electron chi connectivity index (χ2n) is 5.32. The Kier molecular flexibility index (Phi) is 5.33. The monoisotopic (exact) mass is 269 g/mol. The summed E-state index contributed by atoms with van der Waals surface area (Å²) < 4.78 is 5.10. The van der Waals surface area contributed by atoms with Crippen molar-refractivity contribution < 1.29 is 4.74 Å². The largest absolute Gasteiger partial charge is 0.384 e. The quantitative estimate of drug-likeness (QED) is 0.872. The summed E-state index contributed by atoms with van der Waals surface area (Å²) in [6, 6.07) is 17.6. The van der Waals surface area contributed by atoms with Gasteiger partial charge in [0.05, 0.1) is 6.61 Å². The molecule has 0 aliphatic carbocycles. The zero-order valence-electron chi connectivity index (χ0n) is 12.3. The molecule has 0 heterocycles. The van der Waals surface area contributed by atoms with Crippen LogP contribution in [0.2, 0.25) is 0 Å². The van der Waals surface area contributed by atoms with Crippen molar-refractivity contribution in [2.45, 2.75) is 25.8 Å². The normalized spacial score (nSPS) is 12.3. The van der Waals surface area contributed by atoms with Gasteiger partial charge in [-0.05, 0) is 42.0 Å². The first kappa shape index (κ1) is 14.8. The molecule has 1 atom stereocenters. The van der Waals surface area contributed by atoms with Gasteiger partial charge in [0, 0.05) is 13.2 Å². The van der Waals surface area contributed by atoms with Crippen molar-refractivity contribution >= 4 is 0 Å². The van der Waals surface area contributed by atoms with Crippen LogP contribution in [0.15, 0.2) is 48.5 Å². The lowest BCUT2D eigenvalue weighted by molar-refractivity contribution is 0.202. The lowest BCUT2D eigenvalue weighted by atomic mass is 10.00. The van der Waals surface area contributed by atoms with E-state index < -0.39 is 0 Å². The van der Waals surface area contributed by atoms with Crippen molar-refractivity contribution in [2.75, 3.05) is 13.7 Å². The van der Waals surface area contributed by atoms with Crippen LogP contribution >= 0.6 is 0 Å². The lowest BCUT2D eigenvalue weighted by Gasteiger charge is -2.08. The molecule has 0 bridgehead atoms. The van der Waals surface area contributed by atoms with Gasteiger partial charge in [-0.25, -0.2) is 0 Å². The highest BCUT2D eigenvalue weighted by molar-refractivity contribution is 5.64. The fraction of sp³-hybridized carbons (Fsp3) is 0.333. The van der Waals surface area contributed by atoms with Gasteiger partial charge < -0.3 is 10.5 Å². The Morgan fingerprint density at radius 3 is 1.85 bits per heavy atom. The molecule has 0 aliphatic heterocycles. The third-order valence-electron chi connectivity index (χ3n) is 3.39. The Labute approximate surface area is 121 Å². The zero-order valence-corrected chi connectivity index (χ0v) is 12.3. The van der Waals surface area contributed by atoms with Crippen LogP contribution in [0.4, 0.5) is 0 Å². The van der Waals surface area contributed by atoms with Crippen LogP contribution in [0, 0.1) is 0 Å². The molecular weight excluding hydrogens is 246 g/mol. The van der Waals surface area contributed by atoms with Crippen LogP contribution in [-0.2, 0) is 17.6 Å². The molecule has 0 aromatic heterocycles. The number of nitrogens with two attached hydrogens (primary N) is 1. The molecule has 2 N–H and O–H groups in total. The SMILES string of the molecule is COCCc1ccc(-c2ccc(CC(C)N)cc2)cc1. The predicted molar refractivity (Wildman–Crippen MR) is 84.8 cm³/mol. The molecular formula is C18H23NO. The summed E-state index contributed by atoms with van der Waals surface area (Å²) >= 11 is 0. The van der Waals surface area contributed by atoms with Gasteiger partial charge in [0.25, 0.3) is 0 Å². The number of ether oxygens (including phenoxy) is 1. The summed E-state index contributed by atoms with van der Waals surface area (Å²) in [5.41, 5.74) is 10.9. The van der Waals surface area contributed by atoms with Crippen LogP contribution in [-0.4, -0.2) is 19.8 Å². The summed E-state index contributed by atoms with van der Waals surface area (Å²) in [5.74, 6) is 0. The standard InChI is InChI=1S/C18H23NO/c1-14(19)13-16-5-9-18(10-6-16)17-7-3-15(4-8-17)11-12-20-2/h3-10,14H,11-13,19H2,1-2H3. The van der Waals surface area contributed by atoms with Gasteiger partial charge in [0.15, 0.2) is 0 Å². The molecule has 0 saturated heterocycles. The van der Waals surface area contributed by atoms with Crippen LogP contribution in [0.5, 0.6) is 0 Å². The molecule has 1 unspecified atom stereocenters. The van der Waals surface area contributed by atoms with Gasteiger partial charge in [0.1, 0.15) is 0 Å². The second kappa shape index (κ2) is 7.22. The molecule has 106 valence electrons. The molecule has 0 fully saturated rings. The molecule has 20 heavy (non-hydrogen) atoms. The smallest absolute Gasteiger partial charge is 0.0502 e. The minimum atomic E-state index is 0.209. The van der Waals surface area contributed by atoms with E-state index >= 15 is 0 Å². The van der Waals surface area contributed by atoms with Gasteiger partial charge in [-0.1, -0.05) is 48.5 Å². The molecule has 2 aromatic rings. The maximum absolute atomic E-state index is 5.82. The van der Waals surface area contributed by atoms with Crippen LogP contribution in [0.3, 0.4) is 0 Å². The molecule has 0 aliphatic rings. The molecule has 0 saturated carbocycles. The Balaban J connectivity index is 2.07. The van der Waals surface area contributed by atoms with Gasteiger partial charge in [0.2, 0.25) is 0 Å². The second-order valence-corrected chi connectivity index (χ2v) is 5.32. The minimum Gasteiger partial charge on any atom is -0.384 e. The third kappa shape index (κ3) is 4.19. The van der Waals surface area contributed by atoms with Crippen molar-refractivity contribution in [1.29, 1.82) is 0 Å². The average molecular weight is 269 g/mol. The molecule has 2 aromatic carbocycles. The van der Waals surface area contributed by atoms with E-state index in [2.05, 4.69) is 48.5 Å². The lowest BCUT2D eigenvalue weighted by Crippen LogP contribution is -2.17. The molecule has 2 rings (SSSR count). The van der Waals surface area contributed by atoms with Crippen molar-refractivity contribution in [1.82, 2.24) is 0 Å². The van der Waals surface area contributed by atoms with Gasteiger partial charge in [-0.15, -0.1) is 0 Å². The first-order valence-electron chi connectivity index (χ1n) is 7.12. The van der Waals surface area contributed by atoms with E-state index in [1.807, 2.05) is 6.92 Å². The highest BCUT2D eigenvalue weighted by Gasteiger charge is 2.01. The summed E-state index contributed by atoms with van der Waals surface area (Å²) in [6.45, 7) is 2.80. The van der Waals surface area contributed by atoms with Gasteiger partial charge in [-0.2, -0.15) is 0 Å². The fourth-order valence-electron chi connectivity index (χ4n) is 2.29. The Hall–Kier alpha value is -1.64. The topological polar surface area (TPSA) is 35.2 Å². The van der Waals surface area contributed by atoms with Gasteiger partial charge >= 0.3 is 0 Å². The van der Waals surface area contributed by atoms with E-state index in [0.29, 0.717) is 0 Å². The van der Waals surface area contributed by atoms with Crippen LogP contribution < -0.4 is 5.73 Å². The number of rotatable bonds is 6. The van der Waals surface area contributed by atoms with Crippen molar-refractivity contribution in [3.8, 4) is 11.1 Å². The highest BCUT2D eigenvalue weighted by Crippen LogP contribution is 2.21. The highest BCUT2D eigenvalue weighted by atomic mass is 16.5.